The second-order valence-corrected chi connectivity index (χ2v) is 3.88. The predicted molar refractivity (Wildman–Crippen MR) is 40.0 cm³/mol. The van der Waals surface area contributed by atoms with Crippen LogP contribution in [0.1, 0.15) is 19.8 Å². The van der Waals surface area contributed by atoms with Crippen LogP contribution in [0, 0.1) is 5.92 Å². The minimum atomic E-state index is 0.322. The first-order valence-corrected chi connectivity index (χ1v) is 4.11. The van der Waals surface area contributed by atoms with Crippen LogP contribution in [0.5, 0.6) is 0 Å². The molecule has 0 unspecified atom stereocenters. The minimum Gasteiger partial charge on any atom is -0.377 e. The largest absolute Gasteiger partial charge is 0.377 e. The van der Waals surface area contributed by atoms with Crippen LogP contribution in [0.25, 0.3) is 0 Å². The van der Waals surface area contributed by atoms with Crippen LogP contribution in [-0.2, 0) is 4.74 Å². The van der Waals surface area contributed by atoms with Gasteiger partial charge in [0.25, 0.3) is 0 Å². The molecule has 1 saturated carbocycles. The molecule has 0 aromatic heterocycles. The van der Waals surface area contributed by atoms with E-state index >= 15 is 0 Å². The number of hydrogen-bond acceptors (Lipinski definition) is 2. The first-order valence-electron chi connectivity index (χ1n) is 4.11. The van der Waals surface area contributed by atoms with Gasteiger partial charge in [-0.2, -0.15) is 0 Å². The zero-order valence-electron chi connectivity index (χ0n) is 6.52. The Morgan fingerprint density at radius 1 is 1.50 bits per heavy atom. The van der Waals surface area contributed by atoms with Crippen molar-refractivity contribution < 1.29 is 4.74 Å². The Hall–Kier alpha value is -0.0800. The van der Waals surface area contributed by atoms with E-state index in [-0.39, 0.29) is 0 Å². The highest BCUT2D eigenvalue weighted by Crippen LogP contribution is 2.29. The van der Waals surface area contributed by atoms with Gasteiger partial charge < -0.3 is 10.1 Å². The van der Waals surface area contributed by atoms with Crippen LogP contribution in [0.3, 0.4) is 0 Å². The van der Waals surface area contributed by atoms with Crippen molar-refractivity contribution in [2.24, 2.45) is 5.92 Å². The molecule has 1 N–H and O–H groups in total. The Bertz CT molecular complexity index is 127. The molecule has 58 valence electrons. The normalized spacial score (nSPS) is 29.7. The molecule has 1 aliphatic heterocycles. The summed E-state index contributed by atoms with van der Waals surface area (Å²) in [6.45, 7) is 5.25. The molecule has 1 aliphatic carbocycles. The van der Waals surface area contributed by atoms with E-state index in [9.17, 15) is 0 Å². The second kappa shape index (κ2) is 2.21. The van der Waals surface area contributed by atoms with Crippen molar-refractivity contribution in [2.75, 3.05) is 19.8 Å². The van der Waals surface area contributed by atoms with E-state index < -0.39 is 0 Å². The lowest BCUT2D eigenvalue weighted by molar-refractivity contribution is -0.0642. The topological polar surface area (TPSA) is 21.3 Å². The first-order chi connectivity index (χ1) is 4.79. The third kappa shape index (κ3) is 1.32. The molecule has 0 bridgehead atoms. The number of nitrogens with one attached hydrogen (secondary N) is 1. The van der Waals surface area contributed by atoms with Gasteiger partial charge in [-0.25, -0.2) is 0 Å². The summed E-state index contributed by atoms with van der Waals surface area (Å²) in [6.07, 6.45) is 2.87. The average molecular weight is 141 g/mol. The lowest BCUT2D eigenvalue weighted by atomic mass is 10.0. The summed E-state index contributed by atoms with van der Waals surface area (Å²) in [6, 6.07) is 0. The van der Waals surface area contributed by atoms with Gasteiger partial charge in [-0.1, -0.05) is 0 Å². The summed E-state index contributed by atoms with van der Waals surface area (Å²) in [7, 11) is 0. The van der Waals surface area contributed by atoms with Gasteiger partial charge >= 0.3 is 0 Å². The van der Waals surface area contributed by atoms with E-state index in [4.69, 9.17) is 4.74 Å². The molecule has 0 atom stereocenters. The average Bonchev–Trinajstić information content (AvgIpc) is 2.61. The molecule has 0 amide bonds. The van der Waals surface area contributed by atoms with Gasteiger partial charge in [0.15, 0.2) is 0 Å². The Morgan fingerprint density at radius 2 is 2.20 bits per heavy atom. The van der Waals surface area contributed by atoms with Crippen molar-refractivity contribution in [1.29, 1.82) is 0 Å². The monoisotopic (exact) mass is 141 g/mol. The number of rotatable bonds is 3. The summed E-state index contributed by atoms with van der Waals surface area (Å²) in [5.74, 6) is 0.984. The van der Waals surface area contributed by atoms with Gasteiger partial charge in [-0.15, -0.1) is 0 Å². The summed E-state index contributed by atoms with van der Waals surface area (Å²) in [5, 5.41) is 3.53. The third-order valence-corrected chi connectivity index (χ3v) is 2.36. The molecule has 0 spiro atoms. The zero-order chi connectivity index (χ0) is 7.03. The van der Waals surface area contributed by atoms with E-state index in [1.807, 2.05) is 0 Å². The summed E-state index contributed by atoms with van der Waals surface area (Å²) >= 11 is 0. The van der Waals surface area contributed by atoms with Crippen LogP contribution in [-0.4, -0.2) is 25.3 Å². The molecular formula is C8H15NO. The highest BCUT2D eigenvalue weighted by Gasteiger charge is 2.34. The smallest absolute Gasteiger partial charge is 0.0669 e. The van der Waals surface area contributed by atoms with E-state index in [0.29, 0.717) is 5.54 Å². The van der Waals surface area contributed by atoms with Crippen LogP contribution in [0.15, 0.2) is 0 Å². The molecule has 2 rings (SSSR count). The Balaban J connectivity index is 1.67. The van der Waals surface area contributed by atoms with E-state index in [1.165, 1.54) is 19.4 Å². The van der Waals surface area contributed by atoms with Crippen molar-refractivity contribution in [3.63, 3.8) is 0 Å². The fraction of sp³-hybridized carbons (Fsp3) is 1.00. The maximum absolute atomic E-state index is 5.13. The van der Waals surface area contributed by atoms with Crippen molar-refractivity contribution in [3.05, 3.63) is 0 Å². The molecule has 0 aromatic carbocycles. The van der Waals surface area contributed by atoms with Crippen LogP contribution in [0.4, 0.5) is 0 Å². The van der Waals surface area contributed by atoms with Crippen molar-refractivity contribution in [2.45, 2.75) is 25.3 Å². The molecule has 0 aromatic rings. The molecule has 0 radical (unpaired) electrons. The van der Waals surface area contributed by atoms with Gasteiger partial charge in [0, 0.05) is 0 Å². The van der Waals surface area contributed by atoms with Gasteiger partial charge in [-0.3, -0.25) is 0 Å². The summed E-state index contributed by atoms with van der Waals surface area (Å²) in [5.41, 5.74) is 0.322. The van der Waals surface area contributed by atoms with E-state index in [0.717, 1.165) is 19.1 Å². The zero-order valence-corrected chi connectivity index (χ0v) is 6.52. The molecule has 2 heteroatoms. The van der Waals surface area contributed by atoms with Gasteiger partial charge in [-0.05, 0) is 32.2 Å². The fourth-order valence-electron chi connectivity index (χ4n) is 1.22. The molecule has 2 fully saturated rings. The molecule has 10 heavy (non-hydrogen) atoms. The summed E-state index contributed by atoms with van der Waals surface area (Å²) in [4.78, 5) is 0. The van der Waals surface area contributed by atoms with Gasteiger partial charge in [0.2, 0.25) is 0 Å². The standard InChI is InChI=1S/C8H15NO/c1-8(5-10-6-8)9-4-7-2-3-7/h7,9H,2-6H2,1H3. The van der Waals surface area contributed by atoms with Crippen LogP contribution < -0.4 is 5.32 Å². The number of ether oxygens (including phenoxy) is 1. The molecule has 1 saturated heterocycles. The molecular weight excluding hydrogens is 126 g/mol. The molecule has 2 aliphatic rings. The fourth-order valence-corrected chi connectivity index (χ4v) is 1.22. The molecule has 2 nitrogen and oxygen atoms in total. The Kier molecular flexibility index (Phi) is 1.46. The minimum absolute atomic E-state index is 0.322. The Morgan fingerprint density at radius 3 is 2.60 bits per heavy atom. The summed E-state index contributed by atoms with van der Waals surface area (Å²) < 4.78 is 5.13. The molecule has 1 heterocycles. The van der Waals surface area contributed by atoms with Gasteiger partial charge in [0.05, 0.1) is 18.8 Å². The van der Waals surface area contributed by atoms with Gasteiger partial charge in [0.1, 0.15) is 0 Å². The van der Waals surface area contributed by atoms with E-state index in [1.54, 1.807) is 0 Å². The number of hydrogen-bond donors (Lipinski definition) is 1. The van der Waals surface area contributed by atoms with Crippen molar-refractivity contribution in [3.8, 4) is 0 Å². The lowest BCUT2D eigenvalue weighted by Crippen LogP contribution is -2.58. The quantitative estimate of drug-likeness (QED) is 0.627. The van der Waals surface area contributed by atoms with Crippen LogP contribution >= 0.6 is 0 Å². The Labute approximate surface area is 61.9 Å². The SMILES string of the molecule is CC1(NCC2CC2)COC1. The van der Waals surface area contributed by atoms with E-state index in [2.05, 4.69) is 12.2 Å². The van der Waals surface area contributed by atoms with Crippen molar-refractivity contribution in [1.82, 2.24) is 5.32 Å². The highest BCUT2D eigenvalue weighted by atomic mass is 16.5. The lowest BCUT2D eigenvalue weighted by Gasteiger charge is -2.39. The second-order valence-electron chi connectivity index (χ2n) is 3.88. The highest BCUT2D eigenvalue weighted by molar-refractivity contribution is 4.91. The maximum atomic E-state index is 5.13. The maximum Gasteiger partial charge on any atom is 0.0669 e. The first kappa shape index (κ1) is 6.62. The third-order valence-electron chi connectivity index (χ3n) is 2.36. The van der Waals surface area contributed by atoms with Crippen LogP contribution in [0.2, 0.25) is 0 Å². The van der Waals surface area contributed by atoms with Crippen molar-refractivity contribution >= 4 is 0 Å². The predicted octanol–water partition coefficient (Wildman–Crippen LogP) is 0.775.